The molecule has 0 spiro atoms. The Morgan fingerprint density at radius 3 is 2.88 bits per heavy atom. The van der Waals surface area contributed by atoms with E-state index in [9.17, 15) is 0 Å². The predicted octanol–water partition coefficient (Wildman–Crippen LogP) is 1.24. The smallest absolute Gasteiger partial charge is 0.0595 e. The summed E-state index contributed by atoms with van der Waals surface area (Å²) in [5.74, 6) is 0. The molecule has 1 aromatic carbocycles. The SMILES string of the molecule is CN(CCc1cccc(Br)c1)CC(N)CO. The van der Waals surface area contributed by atoms with Gasteiger partial charge in [0.05, 0.1) is 6.61 Å². The van der Waals surface area contributed by atoms with Gasteiger partial charge in [0.15, 0.2) is 0 Å². The van der Waals surface area contributed by atoms with Gasteiger partial charge in [-0.1, -0.05) is 28.1 Å². The van der Waals surface area contributed by atoms with E-state index in [0.29, 0.717) is 0 Å². The van der Waals surface area contributed by atoms with Gasteiger partial charge in [-0.25, -0.2) is 0 Å². The van der Waals surface area contributed by atoms with Gasteiger partial charge < -0.3 is 15.7 Å². The molecule has 90 valence electrons. The van der Waals surface area contributed by atoms with Gasteiger partial charge in [0, 0.05) is 23.6 Å². The van der Waals surface area contributed by atoms with Crippen LogP contribution < -0.4 is 5.73 Å². The lowest BCUT2D eigenvalue weighted by molar-refractivity contribution is 0.223. The molecule has 0 saturated heterocycles. The van der Waals surface area contributed by atoms with Crippen LogP contribution in [0.4, 0.5) is 0 Å². The topological polar surface area (TPSA) is 49.5 Å². The Hall–Kier alpha value is -0.420. The zero-order valence-electron chi connectivity index (χ0n) is 9.56. The average Bonchev–Trinajstić information content (AvgIpc) is 2.26. The van der Waals surface area contributed by atoms with E-state index in [1.807, 2.05) is 19.2 Å². The zero-order valence-corrected chi connectivity index (χ0v) is 11.2. The van der Waals surface area contributed by atoms with Crippen LogP contribution in [-0.2, 0) is 6.42 Å². The maximum Gasteiger partial charge on any atom is 0.0595 e. The van der Waals surface area contributed by atoms with E-state index in [2.05, 4.69) is 33.0 Å². The van der Waals surface area contributed by atoms with E-state index in [1.54, 1.807) is 0 Å². The van der Waals surface area contributed by atoms with E-state index in [0.717, 1.165) is 24.0 Å². The van der Waals surface area contributed by atoms with E-state index in [-0.39, 0.29) is 12.6 Å². The number of aliphatic hydroxyl groups is 1. The molecule has 0 aliphatic carbocycles. The van der Waals surface area contributed by atoms with Crippen LogP contribution in [0.3, 0.4) is 0 Å². The molecule has 1 unspecified atom stereocenters. The van der Waals surface area contributed by atoms with Crippen LogP contribution in [0.25, 0.3) is 0 Å². The fourth-order valence-corrected chi connectivity index (χ4v) is 2.01. The number of hydrogen-bond acceptors (Lipinski definition) is 3. The van der Waals surface area contributed by atoms with Gasteiger partial charge in [-0.05, 0) is 31.2 Å². The number of nitrogens with zero attached hydrogens (tertiary/aromatic N) is 1. The molecule has 1 aromatic rings. The molecule has 0 fully saturated rings. The van der Waals surface area contributed by atoms with Crippen molar-refractivity contribution < 1.29 is 5.11 Å². The first kappa shape index (κ1) is 13.6. The Kier molecular flexibility index (Phi) is 5.98. The third-order valence-electron chi connectivity index (χ3n) is 2.45. The van der Waals surface area contributed by atoms with Crippen molar-refractivity contribution in [3.8, 4) is 0 Å². The monoisotopic (exact) mass is 286 g/mol. The molecule has 16 heavy (non-hydrogen) atoms. The van der Waals surface area contributed by atoms with Crippen molar-refractivity contribution in [2.45, 2.75) is 12.5 Å². The van der Waals surface area contributed by atoms with Gasteiger partial charge in [0.1, 0.15) is 0 Å². The molecule has 0 heterocycles. The largest absolute Gasteiger partial charge is 0.395 e. The van der Waals surface area contributed by atoms with Crippen LogP contribution in [0.5, 0.6) is 0 Å². The van der Waals surface area contributed by atoms with E-state index >= 15 is 0 Å². The number of rotatable bonds is 6. The standard InChI is InChI=1S/C12H19BrN2O/c1-15(8-12(14)9-16)6-5-10-3-2-4-11(13)7-10/h2-4,7,12,16H,5-6,8-9,14H2,1H3. The average molecular weight is 287 g/mol. The lowest BCUT2D eigenvalue weighted by Crippen LogP contribution is -2.38. The van der Waals surface area contributed by atoms with Gasteiger partial charge in [0.25, 0.3) is 0 Å². The second-order valence-corrected chi connectivity index (χ2v) is 5.00. The summed E-state index contributed by atoms with van der Waals surface area (Å²) in [6.07, 6.45) is 0.994. The normalized spacial score (nSPS) is 13.1. The lowest BCUT2D eigenvalue weighted by Gasteiger charge is -2.19. The summed E-state index contributed by atoms with van der Waals surface area (Å²) in [6.45, 7) is 1.72. The Labute approximate surface area is 105 Å². The second kappa shape index (κ2) is 7.01. The van der Waals surface area contributed by atoms with Crippen LogP contribution in [0.15, 0.2) is 28.7 Å². The van der Waals surface area contributed by atoms with Crippen LogP contribution in [-0.4, -0.2) is 42.8 Å². The van der Waals surface area contributed by atoms with Crippen LogP contribution >= 0.6 is 15.9 Å². The summed E-state index contributed by atoms with van der Waals surface area (Å²) < 4.78 is 1.11. The quantitative estimate of drug-likeness (QED) is 0.827. The van der Waals surface area contributed by atoms with E-state index < -0.39 is 0 Å². The Morgan fingerprint density at radius 2 is 2.25 bits per heavy atom. The Bertz CT molecular complexity index is 320. The van der Waals surface area contributed by atoms with E-state index in [1.165, 1.54) is 5.56 Å². The molecule has 1 atom stereocenters. The first-order chi connectivity index (χ1) is 7.61. The predicted molar refractivity (Wildman–Crippen MR) is 70.4 cm³/mol. The summed E-state index contributed by atoms with van der Waals surface area (Å²) in [4.78, 5) is 2.14. The van der Waals surface area contributed by atoms with Crippen molar-refractivity contribution in [3.63, 3.8) is 0 Å². The molecule has 0 amide bonds. The molecule has 0 saturated carbocycles. The fourth-order valence-electron chi connectivity index (χ4n) is 1.56. The molecular formula is C12H19BrN2O. The highest BCUT2D eigenvalue weighted by molar-refractivity contribution is 9.10. The Balaban J connectivity index is 2.34. The maximum absolute atomic E-state index is 8.85. The molecule has 0 aliphatic rings. The highest BCUT2D eigenvalue weighted by Crippen LogP contribution is 2.12. The number of likely N-dealkylation sites (N-methyl/N-ethyl adjacent to an activating group) is 1. The van der Waals surface area contributed by atoms with Gasteiger partial charge in [-0.3, -0.25) is 0 Å². The number of hydrogen-bond donors (Lipinski definition) is 2. The van der Waals surface area contributed by atoms with Crippen molar-refractivity contribution in [2.24, 2.45) is 5.73 Å². The third kappa shape index (κ3) is 5.07. The van der Waals surface area contributed by atoms with Crippen molar-refractivity contribution in [1.29, 1.82) is 0 Å². The maximum atomic E-state index is 8.85. The minimum absolute atomic E-state index is 0.0429. The first-order valence-corrected chi connectivity index (χ1v) is 6.20. The molecule has 3 N–H and O–H groups in total. The van der Waals surface area contributed by atoms with Crippen molar-refractivity contribution >= 4 is 15.9 Å². The van der Waals surface area contributed by atoms with Gasteiger partial charge in [0.2, 0.25) is 0 Å². The highest BCUT2D eigenvalue weighted by Gasteiger charge is 2.05. The minimum Gasteiger partial charge on any atom is -0.395 e. The lowest BCUT2D eigenvalue weighted by atomic mass is 10.1. The number of benzene rings is 1. The molecule has 0 aromatic heterocycles. The summed E-state index contributed by atoms with van der Waals surface area (Å²) >= 11 is 3.45. The zero-order chi connectivity index (χ0) is 12.0. The minimum atomic E-state index is -0.146. The molecule has 0 aliphatic heterocycles. The van der Waals surface area contributed by atoms with E-state index in [4.69, 9.17) is 10.8 Å². The van der Waals surface area contributed by atoms with Gasteiger partial charge in [-0.15, -0.1) is 0 Å². The number of halogens is 1. The Morgan fingerprint density at radius 1 is 1.50 bits per heavy atom. The van der Waals surface area contributed by atoms with Crippen LogP contribution in [0.2, 0.25) is 0 Å². The number of aliphatic hydroxyl groups excluding tert-OH is 1. The summed E-state index contributed by atoms with van der Waals surface area (Å²) in [5.41, 5.74) is 6.97. The molecular weight excluding hydrogens is 268 g/mol. The van der Waals surface area contributed by atoms with Gasteiger partial charge in [-0.2, -0.15) is 0 Å². The van der Waals surface area contributed by atoms with Crippen molar-refractivity contribution in [1.82, 2.24) is 4.90 Å². The third-order valence-corrected chi connectivity index (χ3v) is 2.95. The fraction of sp³-hybridized carbons (Fsp3) is 0.500. The van der Waals surface area contributed by atoms with Crippen LogP contribution in [0.1, 0.15) is 5.56 Å². The second-order valence-electron chi connectivity index (χ2n) is 4.08. The van der Waals surface area contributed by atoms with Crippen LogP contribution in [0, 0.1) is 0 Å². The summed E-state index contributed by atoms with van der Waals surface area (Å²) in [5, 5.41) is 8.85. The molecule has 4 heteroatoms. The molecule has 0 bridgehead atoms. The van der Waals surface area contributed by atoms with Crippen molar-refractivity contribution in [2.75, 3.05) is 26.7 Å². The molecule has 3 nitrogen and oxygen atoms in total. The first-order valence-electron chi connectivity index (χ1n) is 5.41. The van der Waals surface area contributed by atoms with Crippen molar-refractivity contribution in [3.05, 3.63) is 34.3 Å². The number of nitrogens with two attached hydrogens (primary N) is 1. The molecule has 0 radical (unpaired) electrons. The summed E-state index contributed by atoms with van der Waals surface area (Å²) in [6, 6.07) is 8.16. The molecule has 1 rings (SSSR count). The van der Waals surface area contributed by atoms with Gasteiger partial charge >= 0.3 is 0 Å². The summed E-state index contributed by atoms with van der Waals surface area (Å²) in [7, 11) is 2.02. The highest BCUT2D eigenvalue weighted by atomic mass is 79.9.